The largest absolute Gasteiger partial charge is 0.488 e. The quantitative estimate of drug-likeness (QED) is 0.199. The van der Waals surface area contributed by atoms with Gasteiger partial charge in [-0.05, 0) is 53.5 Å². The van der Waals surface area contributed by atoms with Crippen molar-refractivity contribution in [1.29, 1.82) is 0 Å². The van der Waals surface area contributed by atoms with E-state index in [2.05, 4.69) is 110 Å². The van der Waals surface area contributed by atoms with Crippen LogP contribution in [-0.2, 0) is 6.61 Å². The summed E-state index contributed by atoms with van der Waals surface area (Å²) in [5, 5.41) is 0. The van der Waals surface area contributed by atoms with E-state index in [0.717, 1.165) is 57.2 Å². The van der Waals surface area contributed by atoms with Gasteiger partial charge in [0.2, 0.25) is 0 Å². The molecule has 0 saturated carbocycles. The average molecular weight is 536 g/mol. The molecule has 1 aromatic heterocycles. The van der Waals surface area contributed by atoms with E-state index in [-0.39, 0.29) is 6.04 Å². The third kappa shape index (κ3) is 5.82. The van der Waals surface area contributed by atoms with Gasteiger partial charge in [0.15, 0.2) is 0 Å². The van der Waals surface area contributed by atoms with Crippen molar-refractivity contribution >= 4 is 5.84 Å². The number of hydrogen-bond donors (Lipinski definition) is 0. The van der Waals surface area contributed by atoms with E-state index in [9.17, 15) is 0 Å². The number of pyridine rings is 1. The van der Waals surface area contributed by atoms with Crippen molar-refractivity contribution in [2.45, 2.75) is 26.0 Å². The molecule has 202 valence electrons. The average Bonchev–Trinajstić information content (AvgIpc) is 3.05. The number of ether oxygens (including phenoxy) is 1. The maximum atomic E-state index is 6.18. The molecule has 6 rings (SSSR count). The Balaban J connectivity index is 1.25. The van der Waals surface area contributed by atoms with E-state index in [1.807, 2.05) is 42.6 Å². The van der Waals surface area contributed by atoms with E-state index in [4.69, 9.17) is 14.7 Å². The first kappa shape index (κ1) is 26.3. The van der Waals surface area contributed by atoms with Gasteiger partial charge < -0.3 is 9.64 Å². The lowest BCUT2D eigenvalue weighted by Gasteiger charge is -2.33. The van der Waals surface area contributed by atoms with Gasteiger partial charge in [-0.25, -0.2) is 4.99 Å². The Morgan fingerprint density at radius 2 is 1.46 bits per heavy atom. The molecular formula is C37H33N3O. The highest BCUT2D eigenvalue weighted by Crippen LogP contribution is 2.33. The number of benzene rings is 4. The Labute approximate surface area is 242 Å². The summed E-state index contributed by atoms with van der Waals surface area (Å²) < 4.78 is 6.18. The fourth-order valence-corrected chi connectivity index (χ4v) is 5.21. The SMILES string of the molecule is CCC1=CC(c2ccccc2)N(C)C(c2cccc(-c3ccc(-c4ccccc4OCc4ccccc4)nc3)c2)=N1. The molecule has 0 radical (unpaired) electrons. The number of aliphatic imine (C=N–C) groups is 1. The van der Waals surface area contributed by atoms with Crippen LogP contribution in [0.15, 0.2) is 144 Å². The molecule has 0 aliphatic carbocycles. The highest BCUT2D eigenvalue weighted by Gasteiger charge is 2.24. The van der Waals surface area contributed by atoms with E-state index in [1.165, 1.54) is 5.56 Å². The van der Waals surface area contributed by atoms with Crippen molar-refractivity contribution in [2.75, 3.05) is 7.05 Å². The van der Waals surface area contributed by atoms with Crippen molar-refractivity contribution < 1.29 is 4.74 Å². The molecule has 0 N–H and O–H groups in total. The highest BCUT2D eigenvalue weighted by molar-refractivity contribution is 6.01. The fourth-order valence-electron chi connectivity index (χ4n) is 5.21. The predicted molar refractivity (Wildman–Crippen MR) is 168 cm³/mol. The van der Waals surface area contributed by atoms with Crippen molar-refractivity contribution in [3.8, 4) is 28.1 Å². The number of aromatic nitrogens is 1. The second-order valence-corrected chi connectivity index (χ2v) is 10.2. The Kier molecular flexibility index (Phi) is 7.72. The Hall–Kier alpha value is -4.96. The summed E-state index contributed by atoms with van der Waals surface area (Å²) in [4.78, 5) is 12.1. The minimum atomic E-state index is 0.146. The normalized spacial score (nSPS) is 14.8. The predicted octanol–water partition coefficient (Wildman–Crippen LogP) is 8.72. The Morgan fingerprint density at radius 1 is 0.732 bits per heavy atom. The van der Waals surface area contributed by atoms with Crippen LogP contribution < -0.4 is 4.74 Å². The van der Waals surface area contributed by atoms with Gasteiger partial charge in [-0.15, -0.1) is 0 Å². The van der Waals surface area contributed by atoms with Crippen molar-refractivity contribution in [3.63, 3.8) is 0 Å². The van der Waals surface area contributed by atoms with E-state index < -0.39 is 0 Å². The van der Waals surface area contributed by atoms with Crippen LogP contribution in [0, 0.1) is 0 Å². The van der Waals surface area contributed by atoms with E-state index in [0.29, 0.717) is 6.61 Å². The van der Waals surface area contributed by atoms with Gasteiger partial charge in [-0.3, -0.25) is 4.98 Å². The number of amidine groups is 1. The van der Waals surface area contributed by atoms with Crippen LogP contribution in [0.1, 0.15) is 36.1 Å². The second kappa shape index (κ2) is 12.1. The van der Waals surface area contributed by atoms with Gasteiger partial charge in [0.25, 0.3) is 0 Å². The first-order chi connectivity index (χ1) is 20.2. The summed E-state index contributed by atoms with van der Waals surface area (Å²) in [5.41, 5.74) is 8.62. The topological polar surface area (TPSA) is 37.7 Å². The molecule has 4 aromatic carbocycles. The smallest absolute Gasteiger partial charge is 0.136 e. The monoisotopic (exact) mass is 535 g/mol. The molecule has 1 aliphatic heterocycles. The van der Waals surface area contributed by atoms with Crippen LogP contribution in [0.3, 0.4) is 0 Å². The van der Waals surface area contributed by atoms with Crippen molar-refractivity contribution in [2.24, 2.45) is 4.99 Å². The zero-order valence-electron chi connectivity index (χ0n) is 23.4. The number of para-hydroxylation sites is 1. The van der Waals surface area contributed by atoms with E-state index >= 15 is 0 Å². The summed E-state index contributed by atoms with van der Waals surface area (Å²) in [6.07, 6.45) is 5.11. The molecule has 0 fully saturated rings. The lowest BCUT2D eigenvalue weighted by Crippen LogP contribution is -2.33. The van der Waals surface area contributed by atoms with Crippen LogP contribution in [0.25, 0.3) is 22.4 Å². The molecule has 0 bridgehead atoms. The van der Waals surface area contributed by atoms with Gasteiger partial charge in [0.1, 0.15) is 18.2 Å². The molecule has 4 heteroatoms. The first-order valence-electron chi connectivity index (χ1n) is 14.1. The lowest BCUT2D eigenvalue weighted by molar-refractivity contribution is 0.307. The van der Waals surface area contributed by atoms with Crippen LogP contribution in [0.4, 0.5) is 0 Å². The number of nitrogens with zero attached hydrogens (tertiary/aromatic N) is 3. The second-order valence-electron chi connectivity index (χ2n) is 10.2. The zero-order valence-corrected chi connectivity index (χ0v) is 23.4. The maximum absolute atomic E-state index is 6.18. The number of hydrogen-bond acceptors (Lipinski definition) is 4. The molecule has 5 aromatic rings. The minimum Gasteiger partial charge on any atom is -0.488 e. The summed E-state index contributed by atoms with van der Waals surface area (Å²) in [7, 11) is 2.12. The van der Waals surface area contributed by atoms with E-state index in [1.54, 1.807) is 0 Å². The van der Waals surface area contributed by atoms with Gasteiger partial charge >= 0.3 is 0 Å². The van der Waals surface area contributed by atoms with Gasteiger partial charge in [-0.1, -0.05) is 104 Å². The molecule has 1 aliphatic rings. The van der Waals surface area contributed by atoms with Crippen LogP contribution >= 0.6 is 0 Å². The van der Waals surface area contributed by atoms with Crippen LogP contribution in [-0.4, -0.2) is 22.8 Å². The minimum absolute atomic E-state index is 0.146. The number of allylic oxidation sites excluding steroid dienone is 1. The van der Waals surface area contributed by atoms with Gasteiger partial charge in [0, 0.05) is 35.6 Å². The van der Waals surface area contributed by atoms with Gasteiger partial charge in [0.05, 0.1) is 11.7 Å². The molecule has 1 atom stereocenters. The molecule has 41 heavy (non-hydrogen) atoms. The highest BCUT2D eigenvalue weighted by atomic mass is 16.5. The molecular weight excluding hydrogens is 502 g/mol. The lowest BCUT2D eigenvalue weighted by atomic mass is 9.98. The standard InChI is InChI=1S/C37H33N3O/c1-3-32-24-35(28-15-8-5-9-16-28)40(2)37(39-32)30-18-12-17-29(23-30)31-21-22-34(38-25-31)33-19-10-11-20-36(33)41-26-27-13-6-4-7-14-27/h4-25,35H,3,26H2,1-2H3. The van der Waals surface area contributed by atoms with Gasteiger partial charge in [-0.2, -0.15) is 0 Å². The molecule has 1 unspecified atom stereocenters. The Morgan fingerprint density at radius 3 is 2.22 bits per heavy atom. The third-order valence-corrected chi connectivity index (χ3v) is 7.47. The van der Waals surface area contributed by atoms with Crippen molar-refractivity contribution in [1.82, 2.24) is 9.88 Å². The molecule has 0 saturated heterocycles. The maximum Gasteiger partial charge on any atom is 0.136 e. The molecule has 0 spiro atoms. The summed E-state index contributed by atoms with van der Waals surface area (Å²) >= 11 is 0. The Bertz CT molecular complexity index is 1680. The number of likely N-dealkylation sites (N-methyl/N-ethyl adjacent to an activating group) is 1. The molecule has 0 amide bonds. The van der Waals surface area contributed by atoms with Crippen molar-refractivity contribution in [3.05, 3.63) is 156 Å². The van der Waals surface area contributed by atoms with Crippen LogP contribution in [0.2, 0.25) is 0 Å². The van der Waals surface area contributed by atoms with Crippen LogP contribution in [0.5, 0.6) is 5.75 Å². The number of rotatable bonds is 8. The summed E-state index contributed by atoms with van der Waals surface area (Å²) in [6, 6.07) is 41.8. The third-order valence-electron chi connectivity index (χ3n) is 7.47. The summed E-state index contributed by atoms with van der Waals surface area (Å²) in [6.45, 7) is 2.68. The zero-order chi connectivity index (χ0) is 28.0. The fraction of sp³-hybridized carbons (Fsp3) is 0.135. The molecule has 2 heterocycles. The molecule has 4 nitrogen and oxygen atoms in total. The first-order valence-corrected chi connectivity index (χ1v) is 14.1. The summed E-state index contributed by atoms with van der Waals surface area (Å²) in [5.74, 6) is 1.80.